The number of fused-ring (bicyclic) bond motifs is 1. The van der Waals surface area contributed by atoms with Crippen LogP contribution in [0.25, 0.3) is 11.0 Å². The first kappa shape index (κ1) is 17.7. The Balaban J connectivity index is 1.57. The second-order valence-corrected chi connectivity index (χ2v) is 9.05. The normalized spacial score (nSPS) is 18.0. The molecule has 0 bridgehead atoms. The Hall–Kier alpha value is -2.67. The third kappa shape index (κ3) is 3.60. The van der Waals surface area contributed by atoms with E-state index in [0.29, 0.717) is 18.7 Å². The zero-order chi connectivity index (χ0) is 19.0. The molecule has 4 rings (SSSR count). The summed E-state index contributed by atoms with van der Waals surface area (Å²) in [5.41, 5.74) is 2.33. The van der Waals surface area contributed by atoms with Crippen LogP contribution in [0.3, 0.4) is 0 Å². The number of aromatic amines is 1. The topological polar surface area (TPSA) is 83.1 Å². The molecule has 0 unspecified atom stereocenters. The second-order valence-electron chi connectivity index (χ2n) is 7.03. The van der Waals surface area contributed by atoms with Crippen LogP contribution in [0.2, 0.25) is 0 Å². The summed E-state index contributed by atoms with van der Waals surface area (Å²) in [5, 5.41) is 0. The zero-order valence-electron chi connectivity index (χ0n) is 15.1. The summed E-state index contributed by atoms with van der Waals surface area (Å²) < 4.78 is 23.5. The van der Waals surface area contributed by atoms with E-state index in [1.165, 1.54) is 12.1 Å². The number of hydrogen-bond acceptors (Lipinski definition) is 4. The molecule has 0 saturated carbocycles. The molecule has 1 atom stereocenters. The van der Waals surface area contributed by atoms with Crippen LogP contribution in [-0.2, 0) is 9.84 Å². The maximum absolute atomic E-state index is 12.9. The van der Waals surface area contributed by atoms with Crippen LogP contribution in [0.15, 0.2) is 53.4 Å². The number of carbonyl (C=O) groups excluding carboxylic acids is 1. The van der Waals surface area contributed by atoms with Gasteiger partial charge in [-0.15, -0.1) is 0 Å². The Morgan fingerprint density at radius 2 is 2.00 bits per heavy atom. The summed E-state index contributed by atoms with van der Waals surface area (Å²) in [6, 6.07) is 14.1. The van der Waals surface area contributed by atoms with Crippen molar-refractivity contribution in [3.63, 3.8) is 0 Å². The minimum absolute atomic E-state index is 0.138. The summed E-state index contributed by atoms with van der Waals surface area (Å²) in [7, 11) is -3.34. The average Bonchev–Trinajstić information content (AvgIpc) is 3.11. The van der Waals surface area contributed by atoms with Gasteiger partial charge in [-0.1, -0.05) is 18.2 Å². The van der Waals surface area contributed by atoms with E-state index in [0.717, 1.165) is 36.0 Å². The van der Waals surface area contributed by atoms with Gasteiger partial charge in [0.25, 0.3) is 5.91 Å². The molecule has 1 aliphatic heterocycles. The van der Waals surface area contributed by atoms with E-state index in [2.05, 4.69) is 9.97 Å². The van der Waals surface area contributed by atoms with Crippen LogP contribution in [0.5, 0.6) is 0 Å². The fourth-order valence-corrected chi connectivity index (χ4v) is 4.26. The summed E-state index contributed by atoms with van der Waals surface area (Å²) in [6.45, 7) is 1.24. The Bertz CT molecular complexity index is 1070. The molecule has 0 radical (unpaired) electrons. The van der Waals surface area contributed by atoms with Crippen LogP contribution in [-0.4, -0.2) is 48.5 Å². The van der Waals surface area contributed by atoms with Gasteiger partial charge in [-0.25, -0.2) is 13.4 Å². The molecular weight excluding hydrogens is 362 g/mol. The number of sulfone groups is 1. The highest BCUT2D eigenvalue weighted by Crippen LogP contribution is 2.28. The monoisotopic (exact) mass is 383 g/mol. The molecule has 1 aliphatic rings. The maximum Gasteiger partial charge on any atom is 0.253 e. The lowest BCUT2D eigenvalue weighted by molar-refractivity contribution is 0.0704. The molecule has 6 nitrogen and oxygen atoms in total. The summed E-state index contributed by atoms with van der Waals surface area (Å²) in [4.78, 5) is 22.9. The molecule has 27 heavy (non-hydrogen) atoms. The van der Waals surface area contributed by atoms with Crippen LogP contribution < -0.4 is 0 Å². The SMILES string of the molecule is CS(=O)(=O)c1cccc(C(=O)N2CCC[C@H](c3nc4ccccc4[nH]3)C2)c1. The van der Waals surface area contributed by atoms with Crippen molar-refractivity contribution in [1.29, 1.82) is 0 Å². The van der Waals surface area contributed by atoms with Crippen LogP contribution in [0.4, 0.5) is 0 Å². The second kappa shape index (κ2) is 6.81. The summed E-state index contributed by atoms with van der Waals surface area (Å²) in [5.74, 6) is 0.910. The molecule has 1 aromatic heterocycles. The van der Waals surface area contributed by atoms with Gasteiger partial charge in [0, 0.05) is 30.8 Å². The molecule has 1 amide bonds. The zero-order valence-corrected chi connectivity index (χ0v) is 15.9. The Morgan fingerprint density at radius 1 is 1.19 bits per heavy atom. The number of carbonyl (C=O) groups is 1. The largest absolute Gasteiger partial charge is 0.342 e. The van der Waals surface area contributed by atoms with E-state index < -0.39 is 9.84 Å². The number of rotatable bonds is 3. The lowest BCUT2D eigenvalue weighted by Gasteiger charge is -2.32. The highest BCUT2D eigenvalue weighted by Gasteiger charge is 2.27. The molecule has 0 aliphatic carbocycles. The van der Waals surface area contributed by atoms with Crippen LogP contribution >= 0.6 is 0 Å². The lowest BCUT2D eigenvalue weighted by atomic mass is 9.96. The van der Waals surface area contributed by atoms with E-state index in [1.54, 1.807) is 17.0 Å². The van der Waals surface area contributed by atoms with Crippen LogP contribution in [0, 0.1) is 0 Å². The van der Waals surface area contributed by atoms with Crippen molar-refractivity contribution in [1.82, 2.24) is 14.9 Å². The van der Waals surface area contributed by atoms with E-state index >= 15 is 0 Å². The quantitative estimate of drug-likeness (QED) is 0.754. The number of H-pyrrole nitrogens is 1. The van der Waals surface area contributed by atoms with Crippen molar-refractivity contribution in [3.05, 3.63) is 59.9 Å². The first-order chi connectivity index (χ1) is 12.9. The number of nitrogens with one attached hydrogen (secondary N) is 1. The molecule has 0 spiro atoms. The number of benzene rings is 2. The third-order valence-electron chi connectivity index (χ3n) is 5.01. The lowest BCUT2D eigenvalue weighted by Crippen LogP contribution is -2.39. The molecule has 3 aromatic rings. The van der Waals surface area contributed by atoms with Gasteiger partial charge in [0.05, 0.1) is 15.9 Å². The van der Waals surface area contributed by atoms with Gasteiger partial charge < -0.3 is 9.88 Å². The Labute approximate surface area is 158 Å². The number of para-hydroxylation sites is 2. The number of amides is 1. The first-order valence-corrected chi connectivity index (χ1v) is 10.8. The molecule has 1 saturated heterocycles. The standard InChI is InChI=1S/C20H21N3O3S/c1-27(25,26)16-8-4-6-14(12-16)20(24)23-11-5-7-15(13-23)19-21-17-9-2-3-10-18(17)22-19/h2-4,6,8-10,12,15H,5,7,11,13H2,1H3,(H,21,22)/t15-/m0/s1. The number of imidazole rings is 1. The number of piperidine rings is 1. The molecule has 140 valence electrons. The number of aromatic nitrogens is 2. The van der Waals surface area contributed by atoms with Gasteiger partial charge in [-0.3, -0.25) is 4.79 Å². The third-order valence-corrected chi connectivity index (χ3v) is 6.12. The summed E-state index contributed by atoms with van der Waals surface area (Å²) in [6.07, 6.45) is 3.00. The molecule has 2 aromatic carbocycles. The van der Waals surface area contributed by atoms with Gasteiger partial charge >= 0.3 is 0 Å². The fraction of sp³-hybridized carbons (Fsp3) is 0.300. The van der Waals surface area contributed by atoms with Gasteiger partial charge in [0.15, 0.2) is 9.84 Å². The van der Waals surface area contributed by atoms with Crippen molar-refractivity contribution in [3.8, 4) is 0 Å². The van der Waals surface area contributed by atoms with Gasteiger partial charge in [-0.05, 0) is 43.2 Å². The Kier molecular flexibility index (Phi) is 4.47. The number of nitrogens with zero attached hydrogens (tertiary/aromatic N) is 2. The number of hydrogen-bond donors (Lipinski definition) is 1. The molecule has 1 fully saturated rings. The Morgan fingerprint density at radius 3 is 2.78 bits per heavy atom. The van der Waals surface area contributed by atoms with Crippen molar-refractivity contribution in [2.75, 3.05) is 19.3 Å². The average molecular weight is 383 g/mol. The van der Waals surface area contributed by atoms with Crippen molar-refractivity contribution < 1.29 is 13.2 Å². The number of likely N-dealkylation sites (tertiary alicyclic amines) is 1. The molecule has 2 heterocycles. The first-order valence-electron chi connectivity index (χ1n) is 8.96. The highest BCUT2D eigenvalue weighted by molar-refractivity contribution is 7.90. The molecule has 1 N–H and O–H groups in total. The minimum atomic E-state index is -3.34. The van der Waals surface area contributed by atoms with E-state index in [4.69, 9.17) is 0 Å². The maximum atomic E-state index is 12.9. The van der Waals surface area contributed by atoms with Gasteiger partial charge in [-0.2, -0.15) is 0 Å². The molecule has 7 heteroatoms. The van der Waals surface area contributed by atoms with Gasteiger partial charge in [0.2, 0.25) is 0 Å². The predicted molar refractivity (Wildman–Crippen MR) is 104 cm³/mol. The highest BCUT2D eigenvalue weighted by atomic mass is 32.2. The summed E-state index contributed by atoms with van der Waals surface area (Å²) >= 11 is 0. The van der Waals surface area contributed by atoms with Crippen molar-refractivity contribution in [2.24, 2.45) is 0 Å². The van der Waals surface area contributed by atoms with Crippen molar-refractivity contribution >= 4 is 26.8 Å². The predicted octanol–water partition coefficient (Wildman–Crippen LogP) is 2.99. The van der Waals surface area contributed by atoms with E-state index in [1.807, 2.05) is 24.3 Å². The van der Waals surface area contributed by atoms with Gasteiger partial charge in [0.1, 0.15) is 5.82 Å². The smallest absolute Gasteiger partial charge is 0.253 e. The van der Waals surface area contributed by atoms with Crippen LogP contribution in [0.1, 0.15) is 34.9 Å². The minimum Gasteiger partial charge on any atom is -0.342 e. The van der Waals surface area contributed by atoms with E-state index in [-0.39, 0.29) is 16.7 Å². The van der Waals surface area contributed by atoms with Crippen molar-refractivity contribution in [2.45, 2.75) is 23.7 Å². The fourth-order valence-electron chi connectivity index (χ4n) is 3.59. The molecular formula is C20H21N3O3S. The van der Waals surface area contributed by atoms with E-state index in [9.17, 15) is 13.2 Å².